The normalized spacial score (nSPS) is 14.9. The number of rotatable bonds is 1. The summed E-state index contributed by atoms with van der Waals surface area (Å²) >= 11 is 0. The topological polar surface area (TPSA) is 42.7 Å². The molecule has 76 valence electrons. The fourth-order valence-electron chi connectivity index (χ4n) is 1.85. The Morgan fingerprint density at radius 2 is 2.13 bits per heavy atom. The maximum absolute atomic E-state index is 4.59. The smallest absolute Gasteiger partial charge is 0.123 e. The first-order chi connectivity index (χ1) is 7.43. The molecule has 0 aromatic carbocycles. The zero-order valence-corrected chi connectivity index (χ0v) is 8.35. The van der Waals surface area contributed by atoms with Crippen molar-refractivity contribution in [3.8, 4) is 11.3 Å². The minimum Gasteiger partial charge on any atom is -0.332 e. The summed E-state index contributed by atoms with van der Waals surface area (Å²) in [5, 5.41) is 3.31. The second kappa shape index (κ2) is 3.47. The average Bonchev–Trinajstić information content (AvgIpc) is 2.74. The summed E-state index contributed by atoms with van der Waals surface area (Å²) in [6.45, 7) is 2.90. The van der Waals surface area contributed by atoms with E-state index in [0.29, 0.717) is 0 Å². The lowest BCUT2D eigenvalue weighted by Gasteiger charge is -2.13. The van der Waals surface area contributed by atoms with Gasteiger partial charge in [0.2, 0.25) is 0 Å². The lowest BCUT2D eigenvalue weighted by atomic mass is 10.2. The summed E-state index contributed by atoms with van der Waals surface area (Å²) < 4.78 is 2.21. The van der Waals surface area contributed by atoms with Crippen molar-refractivity contribution in [1.29, 1.82) is 0 Å². The summed E-state index contributed by atoms with van der Waals surface area (Å²) in [7, 11) is 0. The maximum Gasteiger partial charge on any atom is 0.123 e. The van der Waals surface area contributed by atoms with Crippen LogP contribution in [0.15, 0.2) is 30.7 Å². The molecule has 1 aliphatic heterocycles. The molecule has 0 aliphatic carbocycles. The molecule has 15 heavy (non-hydrogen) atoms. The van der Waals surface area contributed by atoms with Gasteiger partial charge in [0.15, 0.2) is 0 Å². The van der Waals surface area contributed by atoms with E-state index >= 15 is 0 Å². The molecule has 0 spiro atoms. The van der Waals surface area contributed by atoms with Crippen LogP contribution in [0.4, 0.5) is 0 Å². The predicted molar refractivity (Wildman–Crippen MR) is 57.2 cm³/mol. The molecule has 1 aliphatic rings. The van der Waals surface area contributed by atoms with E-state index in [4.69, 9.17) is 0 Å². The molecule has 2 aromatic heterocycles. The summed E-state index contributed by atoms with van der Waals surface area (Å²) in [4.78, 5) is 8.60. The molecule has 4 nitrogen and oxygen atoms in total. The molecule has 0 fully saturated rings. The van der Waals surface area contributed by atoms with E-state index in [1.165, 1.54) is 0 Å². The van der Waals surface area contributed by atoms with Crippen LogP contribution < -0.4 is 5.32 Å². The molecule has 2 aromatic rings. The van der Waals surface area contributed by atoms with Crippen molar-refractivity contribution < 1.29 is 0 Å². The number of nitrogens with zero attached hydrogens (tertiary/aromatic N) is 3. The second-order valence-electron chi connectivity index (χ2n) is 3.65. The molecule has 0 saturated carbocycles. The average molecular weight is 200 g/mol. The highest BCUT2D eigenvalue weighted by atomic mass is 15.1. The third-order valence-electron chi connectivity index (χ3n) is 2.65. The summed E-state index contributed by atoms with van der Waals surface area (Å²) in [6.07, 6.45) is 5.71. The van der Waals surface area contributed by atoms with E-state index in [0.717, 1.165) is 36.7 Å². The quantitative estimate of drug-likeness (QED) is 0.748. The zero-order valence-electron chi connectivity index (χ0n) is 8.35. The van der Waals surface area contributed by atoms with Crippen molar-refractivity contribution in [1.82, 2.24) is 19.9 Å². The van der Waals surface area contributed by atoms with Crippen molar-refractivity contribution in [3.63, 3.8) is 0 Å². The highest BCUT2D eigenvalue weighted by Gasteiger charge is 2.12. The number of hydrogen-bond acceptors (Lipinski definition) is 3. The highest BCUT2D eigenvalue weighted by molar-refractivity contribution is 5.57. The Kier molecular flexibility index (Phi) is 1.99. The standard InChI is InChI=1S/C11H12N4/c1-3-12-4-2-9(1)10-8-15-6-5-13-7-11(15)14-10/h1-4,8,13H,5-7H2. The number of hydrogen-bond donors (Lipinski definition) is 1. The fraction of sp³-hybridized carbons (Fsp3) is 0.273. The molecule has 3 rings (SSSR count). The van der Waals surface area contributed by atoms with Crippen LogP contribution in [-0.2, 0) is 13.1 Å². The summed E-state index contributed by atoms with van der Waals surface area (Å²) in [5.41, 5.74) is 2.17. The van der Waals surface area contributed by atoms with Gasteiger partial charge in [-0.1, -0.05) is 0 Å². The van der Waals surface area contributed by atoms with Gasteiger partial charge < -0.3 is 9.88 Å². The SMILES string of the molecule is c1cc(-c2cn3c(n2)CNCC3)ccn1. The lowest BCUT2D eigenvalue weighted by molar-refractivity contribution is 0.505. The van der Waals surface area contributed by atoms with E-state index < -0.39 is 0 Å². The van der Waals surface area contributed by atoms with E-state index in [-0.39, 0.29) is 0 Å². The number of nitrogens with one attached hydrogen (secondary N) is 1. The van der Waals surface area contributed by atoms with Crippen molar-refractivity contribution in [2.45, 2.75) is 13.1 Å². The monoisotopic (exact) mass is 200 g/mol. The fourth-order valence-corrected chi connectivity index (χ4v) is 1.85. The first-order valence-corrected chi connectivity index (χ1v) is 5.10. The van der Waals surface area contributed by atoms with Gasteiger partial charge in [0, 0.05) is 37.2 Å². The Morgan fingerprint density at radius 3 is 2.93 bits per heavy atom. The van der Waals surface area contributed by atoms with E-state index in [9.17, 15) is 0 Å². The summed E-state index contributed by atoms with van der Waals surface area (Å²) in [5.74, 6) is 1.12. The minimum absolute atomic E-state index is 0.866. The third-order valence-corrected chi connectivity index (χ3v) is 2.65. The van der Waals surface area contributed by atoms with Crippen molar-refractivity contribution in [2.75, 3.05) is 6.54 Å². The number of pyridine rings is 1. The van der Waals surface area contributed by atoms with Gasteiger partial charge in [-0.2, -0.15) is 0 Å². The van der Waals surface area contributed by atoms with Crippen LogP contribution in [-0.4, -0.2) is 21.1 Å². The molecule has 0 bridgehead atoms. The minimum atomic E-state index is 0.866. The lowest BCUT2D eigenvalue weighted by Crippen LogP contribution is -2.27. The summed E-state index contributed by atoms with van der Waals surface area (Å²) in [6, 6.07) is 3.98. The Morgan fingerprint density at radius 1 is 1.27 bits per heavy atom. The molecule has 1 N–H and O–H groups in total. The Labute approximate surface area is 88.0 Å². The van der Waals surface area contributed by atoms with Gasteiger partial charge in [-0.05, 0) is 12.1 Å². The zero-order chi connectivity index (χ0) is 10.1. The molecule has 4 heteroatoms. The van der Waals surface area contributed by atoms with Crippen LogP contribution in [0.25, 0.3) is 11.3 Å². The van der Waals surface area contributed by atoms with Gasteiger partial charge in [0.25, 0.3) is 0 Å². The van der Waals surface area contributed by atoms with Crippen LogP contribution in [0.5, 0.6) is 0 Å². The van der Waals surface area contributed by atoms with Gasteiger partial charge in [0.1, 0.15) is 5.82 Å². The van der Waals surface area contributed by atoms with Crippen LogP contribution in [0.2, 0.25) is 0 Å². The van der Waals surface area contributed by atoms with Crippen molar-refractivity contribution >= 4 is 0 Å². The number of imidazole rings is 1. The number of fused-ring (bicyclic) bond motifs is 1. The Hall–Kier alpha value is -1.68. The van der Waals surface area contributed by atoms with Gasteiger partial charge in [-0.25, -0.2) is 4.98 Å². The van der Waals surface area contributed by atoms with Crippen LogP contribution in [0.3, 0.4) is 0 Å². The van der Waals surface area contributed by atoms with Crippen LogP contribution in [0.1, 0.15) is 5.82 Å². The molecule has 3 heterocycles. The van der Waals surface area contributed by atoms with Gasteiger partial charge in [-0.15, -0.1) is 0 Å². The molecular formula is C11H12N4. The molecule has 0 amide bonds. The maximum atomic E-state index is 4.59. The van der Waals surface area contributed by atoms with E-state index in [1.807, 2.05) is 12.1 Å². The van der Waals surface area contributed by atoms with Crippen LogP contribution in [0, 0.1) is 0 Å². The van der Waals surface area contributed by atoms with Gasteiger partial charge in [0.05, 0.1) is 12.2 Å². The van der Waals surface area contributed by atoms with Gasteiger partial charge >= 0.3 is 0 Å². The number of aromatic nitrogens is 3. The molecule has 0 atom stereocenters. The molecule has 0 radical (unpaired) electrons. The first-order valence-electron chi connectivity index (χ1n) is 5.10. The Bertz CT molecular complexity index is 437. The second-order valence-corrected chi connectivity index (χ2v) is 3.65. The largest absolute Gasteiger partial charge is 0.332 e. The predicted octanol–water partition coefficient (Wildman–Crippen LogP) is 1.05. The van der Waals surface area contributed by atoms with E-state index in [1.54, 1.807) is 12.4 Å². The first kappa shape index (κ1) is 8.61. The highest BCUT2D eigenvalue weighted by Crippen LogP contribution is 2.18. The molecule has 0 saturated heterocycles. The molecular weight excluding hydrogens is 188 g/mol. The Balaban J connectivity index is 2.03. The van der Waals surface area contributed by atoms with Crippen molar-refractivity contribution in [3.05, 3.63) is 36.5 Å². The van der Waals surface area contributed by atoms with E-state index in [2.05, 4.69) is 26.0 Å². The van der Waals surface area contributed by atoms with Crippen molar-refractivity contribution in [2.24, 2.45) is 0 Å². The van der Waals surface area contributed by atoms with Crippen LogP contribution >= 0.6 is 0 Å². The molecule has 0 unspecified atom stereocenters. The van der Waals surface area contributed by atoms with Gasteiger partial charge in [-0.3, -0.25) is 4.98 Å². The third kappa shape index (κ3) is 1.53.